The fourth-order valence-electron chi connectivity index (χ4n) is 3.38. The van der Waals surface area contributed by atoms with Gasteiger partial charge in [-0.1, -0.05) is 47.6 Å². The summed E-state index contributed by atoms with van der Waals surface area (Å²) in [6.07, 6.45) is 0. The number of methoxy groups -OCH3 is 1. The van der Waals surface area contributed by atoms with Gasteiger partial charge in [-0.2, -0.15) is 0 Å². The van der Waals surface area contributed by atoms with Gasteiger partial charge in [0.2, 0.25) is 5.78 Å². The standard InChI is InChI=1S/C22H17ClN4O2S2/c1-29-17-8-4-14(5-9-17)12-26-20(28)19-18(10-11-30-19)27-21(26)24-25-22(27)31-13-15-2-6-16(23)7-3-15/h2-11H,12-13H2,1H3. The smallest absolute Gasteiger partial charge is 0.273 e. The van der Waals surface area contributed by atoms with Gasteiger partial charge in [-0.3, -0.25) is 13.8 Å². The predicted molar refractivity (Wildman–Crippen MR) is 126 cm³/mol. The van der Waals surface area contributed by atoms with Crippen LogP contribution in [0.1, 0.15) is 11.1 Å². The molecule has 0 radical (unpaired) electrons. The molecule has 0 saturated heterocycles. The Hall–Kier alpha value is -2.81. The maximum atomic E-state index is 13.2. The van der Waals surface area contributed by atoms with Gasteiger partial charge in [-0.05, 0) is 46.8 Å². The molecule has 0 fully saturated rings. The molecule has 0 saturated carbocycles. The maximum absolute atomic E-state index is 13.2. The van der Waals surface area contributed by atoms with Gasteiger partial charge in [-0.15, -0.1) is 21.5 Å². The second-order valence-electron chi connectivity index (χ2n) is 6.91. The lowest BCUT2D eigenvalue weighted by Gasteiger charge is -2.10. The molecule has 5 aromatic rings. The van der Waals surface area contributed by atoms with Gasteiger partial charge in [0, 0.05) is 10.8 Å². The highest BCUT2D eigenvalue weighted by Gasteiger charge is 2.18. The third kappa shape index (κ3) is 3.82. The summed E-state index contributed by atoms with van der Waals surface area (Å²) in [7, 11) is 1.63. The SMILES string of the molecule is COc1ccc(Cn2c(=O)c3sccc3n3c(SCc4ccc(Cl)cc4)nnc23)cc1. The van der Waals surface area contributed by atoms with Crippen LogP contribution in [0.5, 0.6) is 5.75 Å². The highest BCUT2D eigenvalue weighted by molar-refractivity contribution is 7.98. The van der Waals surface area contributed by atoms with Gasteiger partial charge in [0.15, 0.2) is 5.16 Å². The summed E-state index contributed by atoms with van der Waals surface area (Å²) < 4.78 is 9.57. The van der Waals surface area contributed by atoms with Crippen molar-refractivity contribution in [1.29, 1.82) is 0 Å². The molecule has 0 aliphatic rings. The van der Waals surface area contributed by atoms with Crippen molar-refractivity contribution >= 4 is 50.7 Å². The Bertz CT molecular complexity index is 1420. The largest absolute Gasteiger partial charge is 0.497 e. The van der Waals surface area contributed by atoms with Gasteiger partial charge < -0.3 is 4.74 Å². The third-order valence-electron chi connectivity index (χ3n) is 4.96. The summed E-state index contributed by atoms with van der Waals surface area (Å²) in [5, 5.41) is 12.2. The van der Waals surface area contributed by atoms with E-state index in [1.807, 2.05) is 64.4 Å². The zero-order valence-corrected chi connectivity index (χ0v) is 18.9. The topological polar surface area (TPSA) is 61.4 Å². The average molecular weight is 469 g/mol. The molecule has 156 valence electrons. The molecule has 0 spiro atoms. The van der Waals surface area contributed by atoms with Crippen LogP contribution in [-0.4, -0.2) is 26.3 Å². The van der Waals surface area contributed by atoms with Gasteiger partial charge in [0.25, 0.3) is 5.56 Å². The molecule has 3 heterocycles. The molecule has 5 rings (SSSR count). The molecule has 0 unspecified atom stereocenters. The molecule has 0 atom stereocenters. The molecule has 0 bridgehead atoms. The fraction of sp³-hybridized carbons (Fsp3) is 0.136. The van der Waals surface area contributed by atoms with Crippen LogP contribution in [0.25, 0.3) is 16.0 Å². The van der Waals surface area contributed by atoms with E-state index in [-0.39, 0.29) is 5.56 Å². The number of hydrogen-bond donors (Lipinski definition) is 0. The van der Waals surface area contributed by atoms with Crippen molar-refractivity contribution in [2.24, 2.45) is 0 Å². The number of thiophene rings is 1. The predicted octanol–water partition coefficient (Wildman–Crippen LogP) is 5.11. The minimum Gasteiger partial charge on any atom is -0.497 e. The summed E-state index contributed by atoms with van der Waals surface area (Å²) >= 11 is 9.00. The van der Waals surface area contributed by atoms with Crippen LogP contribution in [0.4, 0.5) is 0 Å². The monoisotopic (exact) mass is 468 g/mol. The van der Waals surface area contributed by atoms with Gasteiger partial charge >= 0.3 is 0 Å². The number of hydrogen-bond acceptors (Lipinski definition) is 6. The minimum absolute atomic E-state index is 0.0602. The molecule has 0 N–H and O–H groups in total. The summed E-state index contributed by atoms with van der Waals surface area (Å²) in [6, 6.07) is 17.4. The van der Waals surface area contributed by atoms with E-state index < -0.39 is 0 Å². The van der Waals surface area contributed by atoms with Crippen molar-refractivity contribution in [1.82, 2.24) is 19.2 Å². The number of aromatic nitrogens is 4. The van der Waals surface area contributed by atoms with Crippen molar-refractivity contribution in [3.8, 4) is 5.75 Å². The normalized spacial score (nSPS) is 11.4. The Labute approximate surface area is 191 Å². The summed E-state index contributed by atoms with van der Waals surface area (Å²) in [6.45, 7) is 0.403. The second-order valence-corrected chi connectivity index (χ2v) is 9.20. The Morgan fingerprint density at radius 1 is 1.03 bits per heavy atom. The first-order valence-corrected chi connectivity index (χ1v) is 11.7. The lowest BCUT2D eigenvalue weighted by atomic mass is 10.2. The Morgan fingerprint density at radius 3 is 2.52 bits per heavy atom. The van der Waals surface area contributed by atoms with Crippen LogP contribution in [-0.2, 0) is 12.3 Å². The highest BCUT2D eigenvalue weighted by Crippen LogP contribution is 2.27. The number of rotatable bonds is 6. The highest BCUT2D eigenvalue weighted by atomic mass is 35.5. The van der Waals surface area contributed by atoms with Crippen LogP contribution < -0.4 is 10.3 Å². The molecule has 2 aromatic carbocycles. The number of nitrogens with zero attached hydrogens (tertiary/aromatic N) is 4. The average Bonchev–Trinajstić information content (AvgIpc) is 3.44. The first kappa shape index (κ1) is 20.1. The number of fused-ring (bicyclic) bond motifs is 3. The van der Waals surface area contributed by atoms with E-state index in [2.05, 4.69) is 10.2 Å². The van der Waals surface area contributed by atoms with E-state index in [1.165, 1.54) is 11.3 Å². The van der Waals surface area contributed by atoms with Gasteiger partial charge in [-0.25, -0.2) is 0 Å². The van der Waals surface area contributed by atoms with Crippen molar-refractivity contribution in [2.75, 3.05) is 7.11 Å². The lowest BCUT2D eigenvalue weighted by molar-refractivity contribution is 0.414. The Kier molecular flexibility index (Phi) is 5.43. The van der Waals surface area contributed by atoms with Crippen molar-refractivity contribution in [3.63, 3.8) is 0 Å². The fourth-order valence-corrected chi connectivity index (χ4v) is 5.22. The van der Waals surface area contributed by atoms with E-state index in [9.17, 15) is 4.79 Å². The van der Waals surface area contributed by atoms with E-state index >= 15 is 0 Å². The minimum atomic E-state index is -0.0602. The molecule has 0 amide bonds. The third-order valence-corrected chi connectivity index (χ3v) is 7.11. The molecule has 3 aromatic heterocycles. The van der Waals surface area contributed by atoms with Crippen LogP contribution >= 0.6 is 34.7 Å². The first-order valence-electron chi connectivity index (χ1n) is 9.49. The van der Waals surface area contributed by atoms with E-state index in [4.69, 9.17) is 16.3 Å². The summed E-state index contributed by atoms with van der Waals surface area (Å²) in [4.78, 5) is 13.2. The Balaban J connectivity index is 1.56. The summed E-state index contributed by atoms with van der Waals surface area (Å²) in [5.41, 5.74) is 2.90. The number of benzene rings is 2. The number of ether oxygens (including phenoxy) is 1. The lowest BCUT2D eigenvalue weighted by Crippen LogP contribution is -2.23. The molecular formula is C22H17ClN4O2S2. The molecule has 6 nitrogen and oxygen atoms in total. The molecule has 31 heavy (non-hydrogen) atoms. The van der Waals surface area contributed by atoms with Crippen LogP contribution in [0, 0.1) is 0 Å². The molecule has 0 aliphatic heterocycles. The van der Waals surface area contributed by atoms with Crippen LogP contribution in [0.3, 0.4) is 0 Å². The Morgan fingerprint density at radius 2 is 1.77 bits per heavy atom. The van der Waals surface area contributed by atoms with E-state index in [0.717, 1.165) is 33.3 Å². The van der Waals surface area contributed by atoms with Crippen molar-refractivity contribution in [3.05, 3.63) is 86.5 Å². The molecular weight excluding hydrogens is 452 g/mol. The van der Waals surface area contributed by atoms with Gasteiger partial charge in [0.1, 0.15) is 10.4 Å². The maximum Gasteiger partial charge on any atom is 0.273 e. The number of halogens is 1. The zero-order chi connectivity index (χ0) is 21.4. The van der Waals surface area contributed by atoms with Crippen LogP contribution in [0.2, 0.25) is 5.02 Å². The van der Waals surface area contributed by atoms with Crippen LogP contribution in [0.15, 0.2) is 69.9 Å². The quantitative estimate of drug-likeness (QED) is 0.324. The summed E-state index contributed by atoms with van der Waals surface area (Å²) in [5.74, 6) is 2.03. The van der Waals surface area contributed by atoms with E-state index in [1.54, 1.807) is 23.4 Å². The molecule has 9 heteroatoms. The van der Waals surface area contributed by atoms with E-state index in [0.29, 0.717) is 22.0 Å². The van der Waals surface area contributed by atoms with Gasteiger partial charge in [0.05, 0.1) is 19.2 Å². The zero-order valence-electron chi connectivity index (χ0n) is 16.5. The molecule has 0 aliphatic carbocycles. The van der Waals surface area contributed by atoms with Crippen molar-refractivity contribution in [2.45, 2.75) is 17.5 Å². The second kappa shape index (κ2) is 8.37. The first-order chi connectivity index (χ1) is 15.1. The van der Waals surface area contributed by atoms with Crippen molar-refractivity contribution < 1.29 is 4.74 Å². The number of thioether (sulfide) groups is 1.